The molecule has 84 valence electrons. The lowest BCUT2D eigenvalue weighted by Gasteiger charge is -2.02. The van der Waals surface area contributed by atoms with E-state index in [0.717, 1.165) is 12.2 Å². The molecule has 0 bridgehead atoms. The molecule has 0 aliphatic heterocycles. The molecule has 2 aromatic rings. The third kappa shape index (κ3) is 2.90. The van der Waals surface area contributed by atoms with Gasteiger partial charge in [-0.2, -0.15) is 5.10 Å². The Labute approximate surface area is 97.7 Å². The Morgan fingerprint density at radius 1 is 1.44 bits per heavy atom. The SMILES string of the molecule is Cn1cnc(CCNc2ccnc(Cl)n2)n1. The van der Waals surface area contributed by atoms with Gasteiger partial charge in [0.2, 0.25) is 5.28 Å². The summed E-state index contributed by atoms with van der Waals surface area (Å²) in [6.45, 7) is 0.706. The van der Waals surface area contributed by atoms with Crippen LogP contribution in [0.1, 0.15) is 5.82 Å². The van der Waals surface area contributed by atoms with Gasteiger partial charge < -0.3 is 5.32 Å². The molecule has 2 rings (SSSR count). The zero-order chi connectivity index (χ0) is 11.4. The molecule has 0 unspecified atom stereocenters. The summed E-state index contributed by atoms with van der Waals surface area (Å²) in [5.41, 5.74) is 0. The number of aryl methyl sites for hydroxylation is 1. The Kier molecular flexibility index (Phi) is 3.31. The molecule has 16 heavy (non-hydrogen) atoms. The second-order valence-corrected chi connectivity index (χ2v) is 3.56. The van der Waals surface area contributed by atoms with Crippen molar-refractivity contribution in [3.63, 3.8) is 0 Å². The molecular formula is C9H11ClN6. The van der Waals surface area contributed by atoms with E-state index in [1.54, 1.807) is 23.3 Å². The first-order chi connectivity index (χ1) is 7.74. The van der Waals surface area contributed by atoms with Crippen molar-refractivity contribution in [2.24, 2.45) is 7.05 Å². The standard InChI is InChI=1S/C9H11ClN6/c1-16-6-13-8(15-16)3-4-11-7-2-5-12-9(10)14-7/h2,5-6H,3-4H2,1H3,(H,11,12,14). The van der Waals surface area contributed by atoms with Crippen LogP contribution in [0.4, 0.5) is 5.82 Å². The van der Waals surface area contributed by atoms with Gasteiger partial charge in [-0.05, 0) is 17.7 Å². The quantitative estimate of drug-likeness (QED) is 0.802. The van der Waals surface area contributed by atoms with E-state index in [-0.39, 0.29) is 5.28 Å². The molecule has 0 radical (unpaired) electrons. The highest BCUT2D eigenvalue weighted by atomic mass is 35.5. The van der Waals surface area contributed by atoms with Crippen LogP contribution in [0.3, 0.4) is 0 Å². The fourth-order valence-corrected chi connectivity index (χ4v) is 1.38. The van der Waals surface area contributed by atoms with Gasteiger partial charge in [-0.3, -0.25) is 4.68 Å². The van der Waals surface area contributed by atoms with Gasteiger partial charge in [-0.15, -0.1) is 0 Å². The molecule has 0 aliphatic rings. The molecule has 0 saturated heterocycles. The lowest BCUT2D eigenvalue weighted by molar-refractivity contribution is 0.741. The van der Waals surface area contributed by atoms with E-state index in [1.165, 1.54) is 0 Å². The number of rotatable bonds is 4. The zero-order valence-electron chi connectivity index (χ0n) is 8.76. The van der Waals surface area contributed by atoms with Gasteiger partial charge in [0.05, 0.1) is 0 Å². The number of hydrogen-bond acceptors (Lipinski definition) is 5. The Hall–Kier alpha value is -1.69. The monoisotopic (exact) mass is 238 g/mol. The van der Waals surface area contributed by atoms with E-state index in [0.29, 0.717) is 12.4 Å². The summed E-state index contributed by atoms with van der Waals surface area (Å²) in [5, 5.41) is 7.52. The van der Waals surface area contributed by atoms with Crippen LogP contribution in [0, 0.1) is 0 Å². The van der Waals surface area contributed by atoms with Crippen LogP contribution in [-0.2, 0) is 13.5 Å². The van der Waals surface area contributed by atoms with Crippen LogP contribution >= 0.6 is 11.6 Å². The van der Waals surface area contributed by atoms with Crippen molar-refractivity contribution in [3.8, 4) is 0 Å². The summed E-state index contributed by atoms with van der Waals surface area (Å²) in [5.74, 6) is 1.51. The minimum absolute atomic E-state index is 0.237. The van der Waals surface area contributed by atoms with Gasteiger partial charge in [0, 0.05) is 26.2 Å². The predicted molar refractivity (Wildman–Crippen MR) is 60.2 cm³/mol. The van der Waals surface area contributed by atoms with Gasteiger partial charge >= 0.3 is 0 Å². The smallest absolute Gasteiger partial charge is 0.224 e. The number of nitrogens with one attached hydrogen (secondary N) is 1. The highest BCUT2D eigenvalue weighted by molar-refractivity contribution is 6.28. The summed E-state index contributed by atoms with van der Waals surface area (Å²) in [6, 6.07) is 1.76. The molecule has 6 nitrogen and oxygen atoms in total. The number of aromatic nitrogens is 5. The van der Waals surface area contributed by atoms with Crippen LogP contribution in [-0.4, -0.2) is 31.3 Å². The number of halogens is 1. The van der Waals surface area contributed by atoms with Gasteiger partial charge in [-0.1, -0.05) is 0 Å². The van der Waals surface area contributed by atoms with Crippen molar-refractivity contribution in [1.29, 1.82) is 0 Å². The van der Waals surface area contributed by atoms with E-state index in [4.69, 9.17) is 11.6 Å². The third-order valence-corrected chi connectivity index (χ3v) is 2.11. The normalized spacial score (nSPS) is 10.4. The molecule has 0 fully saturated rings. The summed E-state index contributed by atoms with van der Waals surface area (Å²) in [7, 11) is 1.84. The molecule has 2 heterocycles. The van der Waals surface area contributed by atoms with Crippen LogP contribution in [0.15, 0.2) is 18.6 Å². The third-order valence-electron chi connectivity index (χ3n) is 1.93. The number of anilines is 1. The second-order valence-electron chi connectivity index (χ2n) is 3.22. The molecular weight excluding hydrogens is 228 g/mol. The highest BCUT2D eigenvalue weighted by Crippen LogP contribution is 2.05. The molecule has 0 saturated carbocycles. The number of hydrogen-bond donors (Lipinski definition) is 1. The minimum atomic E-state index is 0.237. The molecule has 0 atom stereocenters. The highest BCUT2D eigenvalue weighted by Gasteiger charge is 1.99. The van der Waals surface area contributed by atoms with Crippen molar-refractivity contribution in [2.45, 2.75) is 6.42 Å². The maximum atomic E-state index is 5.65. The van der Waals surface area contributed by atoms with E-state index < -0.39 is 0 Å². The molecule has 7 heteroatoms. The van der Waals surface area contributed by atoms with Crippen molar-refractivity contribution in [3.05, 3.63) is 29.7 Å². The lowest BCUT2D eigenvalue weighted by atomic mass is 10.4. The Balaban J connectivity index is 1.84. The van der Waals surface area contributed by atoms with Crippen LogP contribution < -0.4 is 5.32 Å². The summed E-state index contributed by atoms with van der Waals surface area (Å²) in [6.07, 6.45) is 4.02. The molecule has 0 aliphatic carbocycles. The Bertz CT molecular complexity index is 469. The maximum absolute atomic E-state index is 5.65. The van der Waals surface area contributed by atoms with Crippen molar-refractivity contribution in [1.82, 2.24) is 24.7 Å². The fraction of sp³-hybridized carbons (Fsp3) is 0.333. The minimum Gasteiger partial charge on any atom is -0.369 e. The van der Waals surface area contributed by atoms with Crippen LogP contribution in [0.25, 0.3) is 0 Å². The summed E-state index contributed by atoms with van der Waals surface area (Å²) < 4.78 is 1.68. The maximum Gasteiger partial charge on any atom is 0.224 e. The van der Waals surface area contributed by atoms with Gasteiger partial charge in [0.1, 0.15) is 12.1 Å². The van der Waals surface area contributed by atoms with Crippen molar-refractivity contribution >= 4 is 17.4 Å². The molecule has 2 aromatic heterocycles. The summed E-state index contributed by atoms with van der Waals surface area (Å²) >= 11 is 5.65. The first kappa shape index (κ1) is 10.8. The molecule has 0 amide bonds. The van der Waals surface area contributed by atoms with E-state index in [2.05, 4.69) is 25.4 Å². The molecule has 0 spiro atoms. The van der Waals surface area contributed by atoms with Crippen molar-refractivity contribution in [2.75, 3.05) is 11.9 Å². The average molecular weight is 239 g/mol. The predicted octanol–water partition coefficient (Wildman–Crippen LogP) is 0.913. The van der Waals surface area contributed by atoms with E-state index in [9.17, 15) is 0 Å². The summed E-state index contributed by atoms with van der Waals surface area (Å²) in [4.78, 5) is 11.9. The van der Waals surface area contributed by atoms with E-state index in [1.807, 2.05) is 7.05 Å². The first-order valence-electron chi connectivity index (χ1n) is 4.81. The largest absolute Gasteiger partial charge is 0.369 e. The van der Waals surface area contributed by atoms with Crippen LogP contribution in [0.5, 0.6) is 0 Å². The first-order valence-corrected chi connectivity index (χ1v) is 5.19. The number of nitrogens with zero attached hydrogens (tertiary/aromatic N) is 5. The Morgan fingerprint density at radius 3 is 3.00 bits per heavy atom. The topological polar surface area (TPSA) is 68.5 Å². The van der Waals surface area contributed by atoms with Gasteiger partial charge in [-0.25, -0.2) is 15.0 Å². The molecule has 1 N–H and O–H groups in total. The molecule has 0 aromatic carbocycles. The fourth-order valence-electron chi connectivity index (χ4n) is 1.23. The lowest BCUT2D eigenvalue weighted by Crippen LogP contribution is -2.07. The zero-order valence-corrected chi connectivity index (χ0v) is 9.52. The van der Waals surface area contributed by atoms with E-state index >= 15 is 0 Å². The average Bonchev–Trinajstić information content (AvgIpc) is 2.64. The Morgan fingerprint density at radius 2 is 2.31 bits per heavy atom. The van der Waals surface area contributed by atoms with Gasteiger partial charge in [0.25, 0.3) is 0 Å². The van der Waals surface area contributed by atoms with Crippen LogP contribution in [0.2, 0.25) is 5.28 Å². The second kappa shape index (κ2) is 4.89. The van der Waals surface area contributed by atoms with Gasteiger partial charge in [0.15, 0.2) is 5.82 Å². The van der Waals surface area contributed by atoms with Crippen molar-refractivity contribution < 1.29 is 0 Å².